The Balaban J connectivity index is 0.00000364. The summed E-state index contributed by atoms with van der Waals surface area (Å²) in [5, 5.41) is 14.3. The van der Waals surface area contributed by atoms with E-state index in [2.05, 4.69) is 20.5 Å². The van der Waals surface area contributed by atoms with Crippen LogP contribution in [0.15, 0.2) is 0 Å². The zero-order valence-electron chi connectivity index (χ0n) is 15.3. The molecular weight excluding hydrogens is 367 g/mol. The Bertz CT molecular complexity index is 703. The van der Waals surface area contributed by atoms with Crippen LogP contribution < -0.4 is 10.6 Å². The number of thiazole rings is 1. The van der Waals surface area contributed by atoms with Crippen LogP contribution >= 0.6 is 11.3 Å². The molecule has 0 aromatic carbocycles. The number of likely N-dealkylation sites (N-methyl/N-ethyl adjacent to an activating group) is 1. The maximum absolute atomic E-state index is 12.3. The summed E-state index contributed by atoms with van der Waals surface area (Å²) in [6.45, 7) is 6.40. The van der Waals surface area contributed by atoms with Crippen LogP contribution in [-0.4, -0.2) is 83.6 Å². The van der Waals surface area contributed by atoms with Gasteiger partial charge in [-0.3, -0.25) is 4.79 Å². The van der Waals surface area contributed by atoms with Crippen LogP contribution in [0, 0.1) is 0 Å². The number of hydrogen-bond acceptors (Lipinski definition) is 7. The minimum absolute atomic E-state index is 0. The summed E-state index contributed by atoms with van der Waals surface area (Å²) in [5.41, 5.74) is 0.191. The molecule has 3 N–H and O–H groups in total. The van der Waals surface area contributed by atoms with Crippen molar-refractivity contribution in [3.63, 3.8) is 0 Å². The van der Waals surface area contributed by atoms with Gasteiger partial charge in [0.25, 0.3) is 5.91 Å². The third-order valence-electron chi connectivity index (χ3n) is 3.57. The molecule has 0 bridgehead atoms. The molecule has 2 rings (SSSR count). The zero-order chi connectivity index (χ0) is 19.5. The molecule has 1 aromatic heterocycles. The Labute approximate surface area is 174 Å². The summed E-state index contributed by atoms with van der Waals surface area (Å²) in [4.78, 5) is 42.8. The molecule has 0 radical (unpaired) electrons. The van der Waals surface area contributed by atoms with Crippen molar-refractivity contribution in [1.82, 2.24) is 20.5 Å². The second kappa shape index (κ2) is 9.55. The summed E-state index contributed by atoms with van der Waals surface area (Å²) in [7, 11) is 1.99. The van der Waals surface area contributed by atoms with Gasteiger partial charge in [0.05, 0.1) is 12.2 Å². The topological polar surface area (TPSA) is 121 Å². The number of hydrogen-bond donors (Lipinski definition) is 3. The van der Waals surface area contributed by atoms with Crippen LogP contribution in [0.4, 0.5) is 4.79 Å². The average Bonchev–Trinajstić information content (AvgIpc) is 2.92. The summed E-state index contributed by atoms with van der Waals surface area (Å²) in [5.74, 6) is -1.82. The van der Waals surface area contributed by atoms with Crippen molar-refractivity contribution in [3.8, 4) is 0 Å². The predicted octanol–water partition coefficient (Wildman–Crippen LogP) is 0.190. The number of rotatable bonds is 5. The van der Waals surface area contributed by atoms with E-state index in [1.165, 1.54) is 11.3 Å². The number of fused-ring (bicyclic) bond motifs is 1. The standard InChI is InChI=1S/C16H24N4O5S.Li.H/c1-16(2,3)25-15(24)17-7-10(14(22)23)18-12(21)13-19-9-5-6-20(4)8-11(9)26-13;;/h10H,5-8H2,1-4H3,(H,17,24)(H,18,21)(H,22,23);;. The molecule has 1 aromatic rings. The number of carbonyl (C=O) groups excluding carboxylic acids is 2. The van der Waals surface area contributed by atoms with Crippen molar-refractivity contribution in [2.45, 2.75) is 45.4 Å². The molecule has 146 valence electrons. The fraction of sp³-hybridized carbons (Fsp3) is 0.625. The molecule has 0 saturated heterocycles. The van der Waals surface area contributed by atoms with Crippen LogP contribution in [0.5, 0.6) is 0 Å². The molecular formula is C16H25LiN4O5S. The summed E-state index contributed by atoms with van der Waals surface area (Å²) >= 11 is 1.26. The number of nitrogens with one attached hydrogen (secondary N) is 2. The second-order valence-corrected chi connectivity index (χ2v) is 8.21. The van der Waals surface area contributed by atoms with Crippen LogP contribution in [0.1, 0.15) is 41.1 Å². The number of alkyl carbamates (subject to hydrolysis) is 1. The molecule has 9 nitrogen and oxygen atoms in total. The van der Waals surface area contributed by atoms with E-state index in [-0.39, 0.29) is 30.4 Å². The molecule has 27 heavy (non-hydrogen) atoms. The third-order valence-corrected chi connectivity index (χ3v) is 4.65. The molecule has 0 saturated carbocycles. The quantitative estimate of drug-likeness (QED) is 0.612. The Hall–Kier alpha value is -1.60. The SMILES string of the molecule is CN1CCc2nc(C(=O)NC(CNC(=O)OC(C)(C)C)C(=O)O)sc2C1.[LiH]. The molecule has 1 aliphatic heterocycles. The first-order valence-electron chi connectivity index (χ1n) is 8.23. The zero-order valence-corrected chi connectivity index (χ0v) is 16.1. The first-order valence-corrected chi connectivity index (χ1v) is 9.04. The number of aromatic nitrogens is 1. The van der Waals surface area contributed by atoms with Gasteiger partial charge in [-0.2, -0.15) is 0 Å². The van der Waals surface area contributed by atoms with E-state index >= 15 is 0 Å². The van der Waals surface area contributed by atoms with Gasteiger partial charge in [0.15, 0.2) is 5.01 Å². The molecule has 0 fully saturated rings. The van der Waals surface area contributed by atoms with Gasteiger partial charge >= 0.3 is 30.9 Å². The van der Waals surface area contributed by atoms with Gasteiger partial charge in [-0.25, -0.2) is 14.6 Å². The number of nitrogens with zero attached hydrogens (tertiary/aromatic N) is 2. The first-order chi connectivity index (χ1) is 12.0. The van der Waals surface area contributed by atoms with Crippen molar-refractivity contribution in [2.75, 3.05) is 20.1 Å². The van der Waals surface area contributed by atoms with E-state index in [4.69, 9.17) is 4.74 Å². The summed E-state index contributed by atoms with van der Waals surface area (Å²) in [6, 6.07) is -1.28. The number of carboxylic acid groups (broad SMARTS) is 1. The molecule has 1 unspecified atom stereocenters. The molecule has 1 aliphatic rings. The van der Waals surface area contributed by atoms with Crippen LogP contribution in [-0.2, 0) is 22.5 Å². The fourth-order valence-electron chi connectivity index (χ4n) is 2.34. The molecule has 0 aliphatic carbocycles. The molecule has 1 atom stereocenters. The van der Waals surface area contributed by atoms with E-state index in [0.29, 0.717) is 0 Å². The van der Waals surface area contributed by atoms with Gasteiger partial charge in [-0.05, 0) is 27.8 Å². The van der Waals surface area contributed by atoms with Crippen LogP contribution in [0.2, 0.25) is 0 Å². The number of carboxylic acids is 1. The summed E-state index contributed by atoms with van der Waals surface area (Å²) in [6.07, 6.45) is 0.0174. The average molecular weight is 392 g/mol. The Morgan fingerprint density at radius 3 is 2.63 bits per heavy atom. The normalized spacial score (nSPS) is 15.1. The van der Waals surface area contributed by atoms with E-state index in [1.807, 2.05) is 7.05 Å². The molecule has 11 heteroatoms. The Morgan fingerprint density at radius 1 is 1.37 bits per heavy atom. The van der Waals surface area contributed by atoms with Crippen molar-refractivity contribution in [1.29, 1.82) is 0 Å². The van der Waals surface area contributed by atoms with Crippen LogP contribution in [0.25, 0.3) is 0 Å². The van der Waals surface area contributed by atoms with Gasteiger partial charge in [0.1, 0.15) is 11.6 Å². The van der Waals surface area contributed by atoms with Gasteiger partial charge in [0, 0.05) is 24.4 Å². The number of amides is 2. The predicted molar refractivity (Wildman–Crippen MR) is 102 cm³/mol. The number of ether oxygens (including phenoxy) is 1. The van der Waals surface area contributed by atoms with Crippen molar-refractivity contribution in [3.05, 3.63) is 15.6 Å². The van der Waals surface area contributed by atoms with Crippen molar-refractivity contribution in [2.24, 2.45) is 0 Å². The van der Waals surface area contributed by atoms with Gasteiger partial charge in [-0.1, -0.05) is 0 Å². The van der Waals surface area contributed by atoms with Gasteiger partial charge in [-0.15, -0.1) is 11.3 Å². The van der Waals surface area contributed by atoms with Crippen LogP contribution in [0.3, 0.4) is 0 Å². The first kappa shape index (κ1) is 23.4. The summed E-state index contributed by atoms with van der Waals surface area (Å²) < 4.78 is 5.05. The number of carbonyl (C=O) groups is 3. The molecule has 2 heterocycles. The Kier molecular flexibility index (Phi) is 8.29. The van der Waals surface area contributed by atoms with E-state index in [0.717, 1.165) is 30.1 Å². The third kappa shape index (κ3) is 7.14. The second-order valence-electron chi connectivity index (χ2n) is 7.12. The van der Waals surface area contributed by atoms with Crippen molar-refractivity contribution < 1.29 is 24.2 Å². The molecule has 2 amide bonds. The number of aliphatic carboxylic acids is 1. The van der Waals surface area contributed by atoms with E-state index in [9.17, 15) is 19.5 Å². The van der Waals surface area contributed by atoms with Crippen molar-refractivity contribution >= 4 is 48.2 Å². The van der Waals surface area contributed by atoms with Gasteiger partial charge < -0.3 is 25.4 Å². The molecule has 0 spiro atoms. The monoisotopic (exact) mass is 392 g/mol. The maximum atomic E-state index is 12.3. The van der Waals surface area contributed by atoms with E-state index in [1.54, 1.807) is 20.8 Å². The Morgan fingerprint density at radius 2 is 2.04 bits per heavy atom. The fourth-order valence-corrected chi connectivity index (χ4v) is 3.43. The van der Waals surface area contributed by atoms with Gasteiger partial charge in [0.2, 0.25) is 0 Å². The van der Waals surface area contributed by atoms with E-state index < -0.39 is 29.6 Å². The minimum atomic E-state index is -1.28.